The molecule has 9 nitrogen and oxygen atoms in total. The summed E-state index contributed by atoms with van der Waals surface area (Å²) in [5.41, 5.74) is 0.825. The van der Waals surface area contributed by atoms with Gasteiger partial charge in [-0.1, -0.05) is 17.3 Å². The number of amides is 1. The highest BCUT2D eigenvalue weighted by Crippen LogP contribution is 2.32. The normalized spacial score (nSPS) is 16.6. The monoisotopic (exact) mass is 499 g/mol. The molecule has 1 N–H and O–H groups in total. The average Bonchev–Trinajstić information content (AvgIpc) is 3.20. The zero-order chi connectivity index (χ0) is 25.0. The molecule has 0 aliphatic carbocycles. The van der Waals surface area contributed by atoms with Crippen LogP contribution in [0.25, 0.3) is 0 Å². The van der Waals surface area contributed by atoms with E-state index in [-0.39, 0.29) is 23.1 Å². The molecule has 1 amide bonds. The Bertz CT molecular complexity index is 1270. The van der Waals surface area contributed by atoms with Gasteiger partial charge in [0, 0.05) is 13.1 Å². The van der Waals surface area contributed by atoms with Crippen molar-refractivity contribution in [2.24, 2.45) is 5.92 Å². The summed E-state index contributed by atoms with van der Waals surface area (Å²) in [6.07, 6.45) is 1.16. The number of sulfonamides is 1. The third kappa shape index (κ3) is 5.49. The second kappa shape index (κ2) is 10.5. The molecule has 0 saturated carbocycles. The number of benzene rings is 2. The summed E-state index contributed by atoms with van der Waals surface area (Å²) in [7, 11) is -3.81. The lowest BCUT2D eigenvalue weighted by Crippen LogP contribution is -2.43. The second-order valence-electron chi connectivity index (χ2n) is 8.35. The van der Waals surface area contributed by atoms with E-state index in [1.54, 1.807) is 44.2 Å². The van der Waals surface area contributed by atoms with Crippen molar-refractivity contribution in [3.05, 3.63) is 60.0 Å². The molecule has 1 atom stereocenters. The number of para-hydroxylation sites is 2. The summed E-state index contributed by atoms with van der Waals surface area (Å²) in [5.74, 6) is 1.32. The van der Waals surface area contributed by atoms with Crippen LogP contribution >= 0.6 is 0 Å². The van der Waals surface area contributed by atoms with E-state index in [9.17, 15) is 13.2 Å². The standard InChI is InChI=1S/C25H29N3O6S/c1-4-32-20-11-13-21(14-12-20)33-23-10-6-5-9-22(23)26-25(29)19-8-7-15-28(16-19)35(30,31)24-17(2)27-34-18(24)3/h5-6,9-14,19H,4,7-8,15-16H2,1-3H3,(H,26,29). The quantitative estimate of drug-likeness (QED) is 0.485. The minimum atomic E-state index is -3.81. The maximum atomic E-state index is 13.2. The van der Waals surface area contributed by atoms with Gasteiger partial charge in [-0.25, -0.2) is 8.42 Å². The minimum Gasteiger partial charge on any atom is -0.494 e. The summed E-state index contributed by atoms with van der Waals surface area (Å²) in [6.45, 7) is 6.09. The number of carbonyl (C=O) groups is 1. The molecule has 0 spiro atoms. The largest absolute Gasteiger partial charge is 0.494 e. The number of piperidine rings is 1. The Labute approximate surface area is 205 Å². The highest BCUT2D eigenvalue weighted by atomic mass is 32.2. The lowest BCUT2D eigenvalue weighted by atomic mass is 9.98. The summed E-state index contributed by atoms with van der Waals surface area (Å²) in [6, 6.07) is 14.4. The van der Waals surface area contributed by atoms with Gasteiger partial charge in [0.15, 0.2) is 11.5 Å². The van der Waals surface area contributed by atoms with Gasteiger partial charge in [0.05, 0.1) is 18.2 Å². The van der Waals surface area contributed by atoms with Crippen LogP contribution < -0.4 is 14.8 Å². The van der Waals surface area contributed by atoms with Gasteiger partial charge in [-0.3, -0.25) is 4.79 Å². The van der Waals surface area contributed by atoms with Gasteiger partial charge in [-0.05, 0) is 70.0 Å². The van der Waals surface area contributed by atoms with Gasteiger partial charge in [0.25, 0.3) is 0 Å². The number of aryl methyl sites for hydroxylation is 2. The molecule has 2 aromatic carbocycles. The van der Waals surface area contributed by atoms with Crippen molar-refractivity contribution in [2.75, 3.05) is 25.0 Å². The van der Waals surface area contributed by atoms with E-state index in [2.05, 4.69) is 10.5 Å². The molecule has 186 valence electrons. The fourth-order valence-electron chi connectivity index (χ4n) is 4.14. The van der Waals surface area contributed by atoms with E-state index >= 15 is 0 Å². The maximum absolute atomic E-state index is 13.2. The number of rotatable bonds is 8. The zero-order valence-electron chi connectivity index (χ0n) is 20.0. The first-order chi connectivity index (χ1) is 16.8. The Morgan fingerprint density at radius 1 is 1.14 bits per heavy atom. The van der Waals surface area contributed by atoms with Crippen LogP contribution in [0, 0.1) is 19.8 Å². The second-order valence-corrected chi connectivity index (χ2v) is 10.2. The van der Waals surface area contributed by atoms with Gasteiger partial charge in [-0.2, -0.15) is 4.31 Å². The molecule has 35 heavy (non-hydrogen) atoms. The van der Waals surface area contributed by atoms with Crippen molar-refractivity contribution in [3.8, 4) is 17.2 Å². The van der Waals surface area contributed by atoms with Crippen LogP contribution in [0.1, 0.15) is 31.2 Å². The van der Waals surface area contributed by atoms with Gasteiger partial charge >= 0.3 is 0 Å². The molecule has 4 rings (SSSR count). The first-order valence-corrected chi connectivity index (χ1v) is 13.0. The fraction of sp³-hybridized carbons (Fsp3) is 0.360. The van der Waals surface area contributed by atoms with Gasteiger partial charge in [0.1, 0.15) is 22.1 Å². The minimum absolute atomic E-state index is 0.0765. The van der Waals surface area contributed by atoms with Crippen LogP contribution in [0.4, 0.5) is 5.69 Å². The molecular weight excluding hydrogens is 470 g/mol. The topological polar surface area (TPSA) is 111 Å². The number of nitrogens with one attached hydrogen (secondary N) is 1. The number of carbonyl (C=O) groups excluding carboxylic acids is 1. The number of hydrogen-bond acceptors (Lipinski definition) is 7. The smallest absolute Gasteiger partial charge is 0.248 e. The molecule has 1 saturated heterocycles. The first kappa shape index (κ1) is 24.7. The number of anilines is 1. The maximum Gasteiger partial charge on any atom is 0.248 e. The molecule has 1 unspecified atom stereocenters. The average molecular weight is 500 g/mol. The highest BCUT2D eigenvalue weighted by Gasteiger charge is 2.36. The number of nitrogens with zero attached hydrogens (tertiary/aromatic N) is 2. The lowest BCUT2D eigenvalue weighted by Gasteiger charge is -2.31. The van der Waals surface area contributed by atoms with Crippen LogP contribution in [0.15, 0.2) is 57.9 Å². The van der Waals surface area contributed by atoms with Gasteiger partial charge < -0.3 is 19.3 Å². The summed E-state index contributed by atoms with van der Waals surface area (Å²) >= 11 is 0. The third-order valence-corrected chi connectivity index (χ3v) is 7.94. The van der Waals surface area contributed by atoms with Crippen LogP contribution in [0.3, 0.4) is 0 Å². The SMILES string of the molecule is CCOc1ccc(Oc2ccccc2NC(=O)C2CCCN(S(=O)(=O)c3c(C)noc3C)C2)cc1. The van der Waals surface area contributed by atoms with Crippen LogP contribution in [-0.4, -0.2) is 43.5 Å². The number of ether oxygens (including phenoxy) is 2. The summed E-state index contributed by atoms with van der Waals surface area (Å²) in [4.78, 5) is 13.2. The Balaban J connectivity index is 1.46. The van der Waals surface area contributed by atoms with Crippen LogP contribution in [0.5, 0.6) is 17.2 Å². The van der Waals surface area contributed by atoms with Crippen molar-refractivity contribution in [1.82, 2.24) is 9.46 Å². The lowest BCUT2D eigenvalue weighted by molar-refractivity contribution is -0.120. The molecular formula is C25H29N3O6S. The molecule has 1 aromatic heterocycles. The van der Waals surface area contributed by atoms with Gasteiger partial charge in [0.2, 0.25) is 15.9 Å². The highest BCUT2D eigenvalue weighted by molar-refractivity contribution is 7.89. The molecule has 3 aromatic rings. The van der Waals surface area contributed by atoms with Crippen LogP contribution in [-0.2, 0) is 14.8 Å². The molecule has 10 heteroatoms. The van der Waals surface area contributed by atoms with E-state index in [1.807, 2.05) is 25.1 Å². The van der Waals surface area contributed by atoms with Crippen molar-refractivity contribution in [2.45, 2.75) is 38.5 Å². The molecule has 0 bridgehead atoms. The molecule has 2 heterocycles. The van der Waals surface area contributed by atoms with Crippen LogP contribution in [0.2, 0.25) is 0 Å². The van der Waals surface area contributed by atoms with Gasteiger partial charge in [-0.15, -0.1) is 0 Å². The predicted octanol–water partition coefficient (Wildman–Crippen LogP) is 4.52. The number of hydrogen-bond donors (Lipinski definition) is 1. The van der Waals surface area contributed by atoms with Crippen molar-refractivity contribution in [1.29, 1.82) is 0 Å². The Morgan fingerprint density at radius 2 is 1.86 bits per heavy atom. The van der Waals surface area contributed by atoms with E-state index in [1.165, 1.54) is 4.31 Å². The summed E-state index contributed by atoms with van der Waals surface area (Å²) in [5, 5.41) is 6.69. The van der Waals surface area contributed by atoms with E-state index < -0.39 is 15.9 Å². The van der Waals surface area contributed by atoms with E-state index in [0.717, 1.165) is 5.75 Å². The summed E-state index contributed by atoms with van der Waals surface area (Å²) < 4.78 is 44.2. The van der Waals surface area contributed by atoms with Crippen molar-refractivity contribution in [3.63, 3.8) is 0 Å². The zero-order valence-corrected chi connectivity index (χ0v) is 20.8. The number of aromatic nitrogens is 1. The molecule has 1 aliphatic heterocycles. The first-order valence-electron chi connectivity index (χ1n) is 11.5. The van der Waals surface area contributed by atoms with Crippen molar-refractivity contribution >= 4 is 21.6 Å². The van der Waals surface area contributed by atoms with Crippen molar-refractivity contribution < 1.29 is 27.2 Å². The Morgan fingerprint density at radius 3 is 2.54 bits per heavy atom. The predicted molar refractivity (Wildman–Crippen MR) is 130 cm³/mol. The molecule has 1 aliphatic rings. The Kier molecular flexibility index (Phi) is 7.42. The molecule has 1 fully saturated rings. The third-order valence-electron chi connectivity index (χ3n) is 5.83. The fourth-order valence-corrected chi connectivity index (χ4v) is 5.95. The van der Waals surface area contributed by atoms with E-state index in [4.69, 9.17) is 14.0 Å². The Hall–Kier alpha value is -3.37. The molecule has 0 radical (unpaired) electrons. The van der Waals surface area contributed by atoms with E-state index in [0.29, 0.717) is 48.9 Å².